The molecule has 1 saturated heterocycles. The van der Waals surface area contributed by atoms with E-state index in [1.54, 1.807) is 6.20 Å². The van der Waals surface area contributed by atoms with Gasteiger partial charge in [-0.25, -0.2) is 4.98 Å². The second kappa shape index (κ2) is 5.82. The van der Waals surface area contributed by atoms with Crippen LogP contribution < -0.4 is 5.32 Å². The average molecular weight is 249 g/mol. The number of ether oxygens (including phenoxy) is 1. The predicted octanol–water partition coefficient (Wildman–Crippen LogP) is 1.12. The first kappa shape index (κ1) is 12.8. The van der Waals surface area contributed by atoms with Gasteiger partial charge in [-0.2, -0.15) is 0 Å². The lowest BCUT2D eigenvalue weighted by Crippen LogP contribution is -2.23. The molecular formula is C13H19N3O2. The maximum Gasteiger partial charge on any atom is 0.310 e. The number of hydrogen-bond acceptors (Lipinski definition) is 5. The van der Waals surface area contributed by atoms with Gasteiger partial charge in [-0.3, -0.25) is 9.69 Å². The van der Waals surface area contributed by atoms with E-state index in [2.05, 4.69) is 15.2 Å². The molecule has 1 unspecified atom stereocenters. The number of methoxy groups -OCH3 is 1. The Morgan fingerprint density at radius 1 is 1.67 bits per heavy atom. The van der Waals surface area contributed by atoms with Crippen molar-refractivity contribution in [1.29, 1.82) is 0 Å². The molecule has 1 fully saturated rings. The monoisotopic (exact) mass is 249 g/mol. The van der Waals surface area contributed by atoms with Gasteiger partial charge in [0.05, 0.1) is 13.0 Å². The summed E-state index contributed by atoms with van der Waals surface area (Å²) in [7, 11) is 3.31. The summed E-state index contributed by atoms with van der Waals surface area (Å²) in [4.78, 5) is 17.9. The lowest BCUT2D eigenvalue weighted by atomic mass is 10.1. The van der Waals surface area contributed by atoms with E-state index in [0.717, 1.165) is 31.9 Å². The second-order valence-corrected chi connectivity index (χ2v) is 4.54. The van der Waals surface area contributed by atoms with Gasteiger partial charge < -0.3 is 10.1 Å². The molecule has 0 spiro atoms. The number of carbonyl (C=O) groups is 1. The molecule has 5 heteroatoms. The molecule has 98 valence electrons. The molecule has 0 radical (unpaired) electrons. The second-order valence-electron chi connectivity index (χ2n) is 4.54. The summed E-state index contributed by atoms with van der Waals surface area (Å²) in [5.41, 5.74) is 1.21. The summed E-state index contributed by atoms with van der Waals surface area (Å²) in [5.74, 6) is 0.806. The molecule has 0 aromatic carbocycles. The van der Waals surface area contributed by atoms with Gasteiger partial charge in [0.15, 0.2) is 0 Å². The van der Waals surface area contributed by atoms with Crippen molar-refractivity contribution >= 4 is 11.8 Å². The third-order valence-electron chi connectivity index (χ3n) is 3.29. The van der Waals surface area contributed by atoms with E-state index < -0.39 is 0 Å². The van der Waals surface area contributed by atoms with Crippen LogP contribution in [0.25, 0.3) is 0 Å². The summed E-state index contributed by atoms with van der Waals surface area (Å²) in [5, 5.41) is 3.02. The zero-order chi connectivity index (χ0) is 13.0. The lowest BCUT2D eigenvalue weighted by Gasteiger charge is -2.15. The van der Waals surface area contributed by atoms with Gasteiger partial charge in [0.1, 0.15) is 5.82 Å². The summed E-state index contributed by atoms with van der Waals surface area (Å²) >= 11 is 0. The Bertz CT molecular complexity index is 422. The Labute approximate surface area is 107 Å². The molecule has 1 N–H and O–H groups in total. The van der Waals surface area contributed by atoms with Gasteiger partial charge in [-0.05, 0) is 30.7 Å². The van der Waals surface area contributed by atoms with E-state index in [-0.39, 0.29) is 11.9 Å². The van der Waals surface area contributed by atoms with E-state index in [1.165, 1.54) is 12.7 Å². The molecule has 1 aliphatic rings. The highest BCUT2D eigenvalue weighted by atomic mass is 16.5. The zero-order valence-corrected chi connectivity index (χ0v) is 10.8. The van der Waals surface area contributed by atoms with Crippen molar-refractivity contribution in [3.63, 3.8) is 0 Å². The Balaban J connectivity index is 1.92. The fourth-order valence-electron chi connectivity index (χ4n) is 2.30. The van der Waals surface area contributed by atoms with Crippen LogP contribution >= 0.6 is 0 Å². The number of rotatable bonds is 4. The minimum atomic E-state index is -0.0943. The third-order valence-corrected chi connectivity index (χ3v) is 3.29. The molecule has 2 rings (SSSR count). The van der Waals surface area contributed by atoms with Gasteiger partial charge in [0, 0.05) is 26.3 Å². The normalized spacial score (nSPS) is 19.8. The van der Waals surface area contributed by atoms with Crippen molar-refractivity contribution in [3.8, 4) is 0 Å². The van der Waals surface area contributed by atoms with Gasteiger partial charge >= 0.3 is 5.97 Å². The fraction of sp³-hybridized carbons (Fsp3) is 0.538. The number of likely N-dealkylation sites (tertiary alicyclic amines) is 1. The van der Waals surface area contributed by atoms with Crippen LogP contribution in [0.3, 0.4) is 0 Å². The average Bonchev–Trinajstić information content (AvgIpc) is 2.86. The van der Waals surface area contributed by atoms with Crippen molar-refractivity contribution in [2.45, 2.75) is 13.0 Å². The van der Waals surface area contributed by atoms with Crippen LogP contribution in [0.5, 0.6) is 0 Å². The van der Waals surface area contributed by atoms with Crippen molar-refractivity contribution in [3.05, 3.63) is 23.9 Å². The van der Waals surface area contributed by atoms with E-state index in [4.69, 9.17) is 4.74 Å². The number of carbonyl (C=O) groups excluding carboxylic acids is 1. The summed E-state index contributed by atoms with van der Waals surface area (Å²) in [6.45, 7) is 2.57. The van der Waals surface area contributed by atoms with Crippen molar-refractivity contribution in [2.75, 3.05) is 32.6 Å². The lowest BCUT2D eigenvalue weighted by molar-refractivity contribution is -0.144. The van der Waals surface area contributed by atoms with Crippen LogP contribution in [-0.2, 0) is 16.1 Å². The molecule has 0 saturated carbocycles. The highest BCUT2D eigenvalue weighted by Crippen LogP contribution is 2.20. The summed E-state index contributed by atoms with van der Waals surface area (Å²) in [6, 6.07) is 4.04. The van der Waals surface area contributed by atoms with Crippen LogP contribution in [-0.4, -0.2) is 43.1 Å². The van der Waals surface area contributed by atoms with E-state index in [0.29, 0.717) is 0 Å². The number of aromatic nitrogens is 1. The van der Waals surface area contributed by atoms with Crippen LogP contribution in [0.2, 0.25) is 0 Å². The Hall–Kier alpha value is -1.62. The number of nitrogens with one attached hydrogen (secondary N) is 1. The Kier molecular flexibility index (Phi) is 4.15. The molecule has 0 amide bonds. The quantitative estimate of drug-likeness (QED) is 0.810. The highest BCUT2D eigenvalue weighted by Gasteiger charge is 2.28. The summed E-state index contributed by atoms with van der Waals surface area (Å²) in [6.07, 6.45) is 2.69. The SMILES string of the molecule is CNc1cc(CN2CCC(C(=O)OC)C2)ccn1. The molecule has 2 heterocycles. The third kappa shape index (κ3) is 2.98. The maximum absolute atomic E-state index is 11.4. The Morgan fingerprint density at radius 2 is 2.50 bits per heavy atom. The van der Waals surface area contributed by atoms with Gasteiger partial charge in [0.25, 0.3) is 0 Å². The number of anilines is 1. The van der Waals surface area contributed by atoms with Crippen molar-refractivity contribution in [1.82, 2.24) is 9.88 Å². The van der Waals surface area contributed by atoms with Crippen LogP contribution in [0.15, 0.2) is 18.3 Å². The molecule has 1 atom stereocenters. The molecule has 18 heavy (non-hydrogen) atoms. The molecule has 0 aliphatic carbocycles. The highest BCUT2D eigenvalue weighted by molar-refractivity contribution is 5.72. The first-order chi connectivity index (χ1) is 8.72. The minimum Gasteiger partial charge on any atom is -0.469 e. The molecular weight excluding hydrogens is 230 g/mol. The number of hydrogen-bond donors (Lipinski definition) is 1. The largest absolute Gasteiger partial charge is 0.469 e. The summed E-state index contributed by atoms with van der Waals surface area (Å²) < 4.78 is 4.78. The molecule has 5 nitrogen and oxygen atoms in total. The standard InChI is InChI=1S/C13H19N3O2/c1-14-12-7-10(3-5-15-12)8-16-6-4-11(9-16)13(17)18-2/h3,5,7,11H,4,6,8-9H2,1-2H3,(H,14,15). The van der Waals surface area contributed by atoms with Gasteiger partial charge in [-0.15, -0.1) is 0 Å². The van der Waals surface area contributed by atoms with E-state index in [1.807, 2.05) is 19.2 Å². The number of esters is 1. The topological polar surface area (TPSA) is 54.5 Å². The van der Waals surface area contributed by atoms with Crippen molar-refractivity contribution in [2.24, 2.45) is 5.92 Å². The first-order valence-electron chi connectivity index (χ1n) is 6.16. The van der Waals surface area contributed by atoms with Crippen LogP contribution in [0.1, 0.15) is 12.0 Å². The minimum absolute atomic E-state index is 0.0283. The molecule has 0 bridgehead atoms. The fourth-order valence-corrected chi connectivity index (χ4v) is 2.30. The first-order valence-corrected chi connectivity index (χ1v) is 6.16. The molecule has 1 aromatic heterocycles. The number of pyridine rings is 1. The molecule has 1 aliphatic heterocycles. The maximum atomic E-state index is 11.4. The zero-order valence-electron chi connectivity index (χ0n) is 10.8. The van der Waals surface area contributed by atoms with Crippen LogP contribution in [0.4, 0.5) is 5.82 Å². The Morgan fingerprint density at radius 3 is 3.22 bits per heavy atom. The van der Waals surface area contributed by atoms with Crippen molar-refractivity contribution < 1.29 is 9.53 Å². The predicted molar refractivity (Wildman–Crippen MR) is 69.2 cm³/mol. The van der Waals surface area contributed by atoms with Crippen LogP contribution in [0, 0.1) is 5.92 Å². The number of nitrogens with zero attached hydrogens (tertiary/aromatic N) is 2. The van der Waals surface area contributed by atoms with E-state index >= 15 is 0 Å². The van der Waals surface area contributed by atoms with Gasteiger partial charge in [-0.1, -0.05) is 0 Å². The smallest absolute Gasteiger partial charge is 0.310 e. The van der Waals surface area contributed by atoms with E-state index in [9.17, 15) is 4.79 Å². The van der Waals surface area contributed by atoms with Gasteiger partial charge in [0.2, 0.25) is 0 Å². The molecule has 1 aromatic rings.